The minimum atomic E-state index is -2.63. The monoisotopic (exact) mass is 879 g/mol. The molecule has 4 atom stereocenters. The van der Waals surface area contributed by atoms with Gasteiger partial charge < -0.3 is 40.7 Å². The predicted octanol–water partition coefficient (Wildman–Crippen LogP) is 4.45. The van der Waals surface area contributed by atoms with Gasteiger partial charge in [0.05, 0.1) is 23.9 Å². The molecule has 2 aromatic heterocycles. The predicted molar refractivity (Wildman–Crippen MR) is 234 cm³/mol. The van der Waals surface area contributed by atoms with Gasteiger partial charge >= 0.3 is 0 Å². The molecule has 0 bridgehead atoms. The largest absolute Gasteiger partial charge is 0.510 e. The lowest BCUT2D eigenvalue weighted by molar-refractivity contribution is -0.148. The number of tetrazole rings is 1. The maximum absolute atomic E-state index is 13.5. The number of primary amides is 1. The van der Waals surface area contributed by atoms with Crippen LogP contribution in [0.15, 0.2) is 83.3 Å². The summed E-state index contributed by atoms with van der Waals surface area (Å²) >= 11 is 6.26. The first-order valence-corrected chi connectivity index (χ1v) is 20.9. The number of aromatic amines is 1. The molecule has 8 rings (SSSR count). The number of aliphatic hydroxyl groups is 4. The number of aliphatic hydroxyl groups excluding tert-OH is 3. The van der Waals surface area contributed by atoms with E-state index in [1.165, 1.54) is 11.0 Å². The Labute approximate surface area is 368 Å². The van der Waals surface area contributed by atoms with Crippen LogP contribution in [0.2, 0.25) is 5.15 Å². The summed E-state index contributed by atoms with van der Waals surface area (Å²) in [5, 5.41) is 68.3. The van der Waals surface area contributed by atoms with E-state index in [1.54, 1.807) is 39.2 Å². The van der Waals surface area contributed by atoms with Crippen molar-refractivity contribution >= 4 is 34.8 Å². The standard InChI is InChI=1S/C23H27N3O7.C22H23ClN6O/c1-25(2)12-5-6-13(27)15-10(12)7-9-8-11-17(26(3)4)19(29)16(22(24)32)21(31)23(11,33)20(30)14(9)18(15)28;1-2-3-8-20-24-21(23)19(14-30)29(20)13-15-9-11-16(12-10-15)17-6-4-5-7-18(17)22-25-27-28-26-22/h5-6,9,11,17,27,29-30,33H,7-8H2,1-4H3,(H2,24,32);4-7,9-12,30H,2-3,8,13-14H2,1H3,(H,25,26,27,28)/t9-,11-,17-,23-;/m0./s1. The van der Waals surface area contributed by atoms with E-state index in [1.807, 2.05) is 22.8 Å². The molecule has 1 amide bonds. The number of phenols is 1. The van der Waals surface area contributed by atoms with E-state index in [0.717, 1.165) is 53.0 Å². The maximum Gasteiger partial charge on any atom is 0.255 e. The molecule has 0 spiro atoms. The number of ketones is 2. The van der Waals surface area contributed by atoms with Crippen LogP contribution in [0.5, 0.6) is 5.75 Å². The maximum atomic E-state index is 13.5. The summed E-state index contributed by atoms with van der Waals surface area (Å²) in [5.41, 5.74) is 7.86. The number of carbonyl (C=O) groups is 3. The van der Waals surface area contributed by atoms with E-state index in [9.17, 15) is 39.9 Å². The molecule has 18 heteroatoms. The van der Waals surface area contributed by atoms with Crippen LogP contribution in [-0.2, 0) is 35.6 Å². The lowest BCUT2D eigenvalue weighted by atomic mass is 9.58. The lowest BCUT2D eigenvalue weighted by Crippen LogP contribution is -2.63. The summed E-state index contributed by atoms with van der Waals surface area (Å²) in [6, 6.07) is 18.4. The summed E-state index contributed by atoms with van der Waals surface area (Å²) in [5.74, 6) is -4.98. The number of aryl methyl sites for hydroxylation is 1. The van der Waals surface area contributed by atoms with Gasteiger partial charge in [0.2, 0.25) is 5.78 Å². The molecule has 17 nitrogen and oxygen atoms in total. The van der Waals surface area contributed by atoms with Crippen molar-refractivity contribution < 1.29 is 39.9 Å². The highest BCUT2D eigenvalue weighted by Crippen LogP contribution is 2.53. The Hall–Kier alpha value is -6.40. The molecule has 3 aromatic carbocycles. The minimum Gasteiger partial charge on any atom is -0.510 e. The van der Waals surface area contributed by atoms with Gasteiger partial charge in [-0.1, -0.05) is 73.5 Å². The molecule has 8 N–H and O–H groups in total. The Morgan fingerprint density at radius 1 is 1.02 bits per heavy atom. The molecule has 3 aliphatic rings. The number of likely N-dealkylation sites (N-methyl/N-ethyl adjacent to an activating group) is 1. The molecule has 0 saturated heterocycles. The number of hydrogen-bond acceptors (Lipinski definition) is 14. The number of phenolic OH excluding ortho intramolecular Hbond substituents is 1. The van der Waals surface area contributed by atoms with Crippen LogP contribution < -0.4 is 10.6 Å². The van der Waals surface area contributed by atoms with Crippen LogP contribution in [-0.4, -0.2) is 118 Å². The van der Waals surface area contributed by atoms with Gasteiger partial charge in [-0.05, 0) is 84.1 Å². The third-order valence-electron chi connectivity index (χ3n) is 12.2. The van der Waals surface area contributed by atoms with Crippen molar-refractivity contribution in [2.24, 2.45) is 17.6 Å². The molecule has 63 heavy (non-hydrogen) atoms. The second kappa shape index (κ2) is 17.8. The van der Waals surface area contributed by atoms with E-state index < -0.39 is 58.0 Å². The number of carbonyl (C=O) groups excluding carboxylic acids is 3. The third kappa shape index (κ3) is 7.86. The van der Waals surface area contributed by atoms with Gasteiger partial charge in [-0.15, -0.1) is 5.10 Å². The first-order chi connectivity index (χ1) is 30.0. The van der Waals surface area contributed by atoms with E-state index in [-0.39, 0.29) is 36.3 Å². The molecule has 2 heterocycles. The van der Waals surface area contributed by atoms with Crippen molar-refractivity contribution in [3.05, 3.63) is 117 Å². The van der Waals surface area contributed by atoms with Crippen LogP contribution in [0.25, 0.3) is 22.5 Å². The Balaban J connectivity index is 0.000000190. The Morgan fingerprint density at radius 2 is 1.71 bits per heavy atom. The number of H-pyrrole nitrogens is 1. The Bertz CT molecular complexity index is 2640. The van der Waals surface area contributed by atoms with Crippen molar-refractivity contribution in [1.29, 1.82) is 0 Å². The number of aromatic nitrogens is 6. The van der Waals surface area contributed by atoms with E-state index in [0.29, 0.717) is 28.8 Å². The molecule has 5 aromatic rings. The molecule has 330 valence electrons. The van der Waals surface area contributed by atoms with Gasteiger partial charge in [0.25, 0.3) is 5.91 Å². The number of nitrogens with two attached hydrogens (primary N) is 1. The van der Waals surface area contributed by atoms with Crippen LogP contribution in [0.4, 0.5) is 5.69 Å². The zero-order valence-corrected chi connectivity index (χ0v) is 36.3. The number of nitrogens with one attached hydrogen (secondary N) is 1. The number of halogens is 1. The molecule has 3 aliphatic carbocycles. The lowest BCUT2D eigenvalue weighted by Gasteiger charge is -2.50. The number of allylic oxidation sites excluding steroid dienone is 1. The topological polar surface area (TPSA) is 257 Å². The Morgan fingerprint density at radius 3 is 2.32 bits per heavy atom. The second-order valence-electron chi connectivity index (χ2n) is 16.4. The fraction of sp³-hybridized carbons (Fsp3) is 0.356. The van der Waals surface area contributed by atoms with E-state index >= 15 is 0 Å². The van der Waals surface area contributed by atoms with Crippen LogP contribution in [0, 0.1) is 11.8 Å². The van der Waals surface area contributed by atoms with Crippen molar-refractivity contribution in [3.8, 4) is 28.3 Å². The average molecular weight is 880 g/mol. The molecule has 0 radical (unpaired) electrons. The molecule has 0 saturated carbocycles. The number of aromatic hydroxyl groups is 1. The van der Waals surface area contributed by atoms with Gasteiger partial charge in [0.15, 0.2) is 22.4 Å². The quantitative estimate of drug-likeness (QED) is 0.0905. The second-order valence-corrected chi connectivity index (χ2v) is 16.8. The van der Waals surface area contributed by atoms with Crippen LogP contribution in [0.3, 0.4) is 0 Å². The summed E-state index contributed by atoms with van der Waals surface area (Å²) < 4.78 is 2.03. The fourth-order valence-corrected chi connectivity index (χ4v) is 9.47. The summed E-state index contributed by atoms with van der Waals surface area (Å²) in [7, 11) is 6.79. The van der Waals surface area contributed by atoms with Gasteiger partial charge in [0.1, 0.15) is 28.7 Å². The van der Waals surface area contributed by atoms with E-state index in [4.69, 9.17) is 17.3 Å². The number of imidazole rings is 1. The van der Waals surface area contributed by atoms with E-state index in [2.05, 4.69) is 62.9 Å². The number of fused-ring (bicyclic) bond motifs is 3. The summed E-state index contributed by atoms with van der Waals surface area (Å²) in [4.78, 5) is 46.5. The zero-order valence-electron chi connectivity index (χ0n) is 35.5. The third-order valence-corrected chi connectivity index (χ3v) is 12.5. The summed E-state index contributed by atoms with van der Waals surface area (Å²) in [6.45, 7) is 2.63. The Kier molecular flexibility index (Phi) is 12.6. The molecular weight excluding hydrogens is 830 g/mol. The zero-order chi connectivity index (χ0) is 45.5. The van der Waals surface area contributed by atoms with Gasteiger partial charge in [-0.2, -0.15) is 0 Å². The summed E-state index contributed by atoms with van der Waals surface area (Å²) in [6.07, 6.45) is 3.27. The highest BCUT2D eigenvalue weighted by Gasteiger charge is 2.63. The first-order valence-electron chi connectivity index (χ1n) is 20.5. The average Bonchev–Trinajstić information content (AvgIpc) is 3.89. The van der Waals surface area contributed by atoms with Crippen molar-refractivity contribution in [2.45, 2.75) is 63.8 Å². The van der Waals surface area contributed by atoms with Crippen LogP contribution in [0.1, 0.15) is 59.2 Å². The number of Topliss-reactive ketones (excluding diaryl/α,β-unsaturated/α-hetero) is 2. The minimum absolute atomic E-state index is 0.00184. The smallest absolute Gasteiger partial charge is 0.255 e. The number of benzene rings is 3. The number of amides is 1. The number of rotatable bonds is 11. The van der Waals surface area contributed by atoms with Crippen molar-refractivity contribution in [1.82, 2.24) is 35.1 Å². The fourth-order valence-electron chi connectivity index (χ4n) is 9.21. The highest BCUT2D eigenvalue weighted by molar-refractivity contribution is 6.30. The number of unbranched alkanes of at least 4 members (excludes halogenated alkanes) is 1. The molecule has 0 unspecified atom stereocenters. The van der Waals surface area contributed by atoms with Gasteiger partial charge in [0, 0.05) is 49.8 Å². The number of anilines is 1. The first kappa shape index (κ1) is 44.6. The molecule has 0 fully saturated rings. The normalized spacial score (nSPS) is 20.6. The van der Waals surface area contributed by atoms with Gasteiger partial charge in [-0.25, -0.2) is 10.1 Å². The van der Waals surface area contributed by atoms with Crippen LogP contribution >= 0.6 is 11.6 Å². The number of hydrogen-bond donors (Lipinski definition) is 7. The molecule has 0 aliphatic heterocycles. The van der Waals surface area contributed by atoms with Crippen molar-refractivity contribution in [3.63, 3.8) is 0 Å². The SMILES string of the molecule is CCCCc1nc(Cl)c(CO)n1Cc1ccc(-c2ccccc2-c2nnn[nH]2)cc1.CN(C)c1ccc(O)c2c1C[C@H]1C[C@H]3[C@H](N(C)C)C(O)=C(C(N)=O)C(=O)[C@@]3(O)C(O)=C1C2=O. The number of nitrogens with zero attached hydrogens (tertiary/aromatic N) is 7. The highest BCUT2D eigenvalue weighted by atomic mass is 35.5. The molecular formula is C45H50ClN9O8. The van der Waals surface area contributed by atoms with Gasteiger partial charge in [-0.3, -0.25) is 19.3 Å². The van der Waals surface area contributed by atoms with Crippen molar-refractivity contribution in [2.75, 3.05) is 33.1 Å².